The topological polar surface area (TPSA) is 46.6 Å². The molecule has 3 aromatic rings. The smallest absolute Gasteiger partial charge is 0.119 e. The summed E-state index contributed by atoms with van der Waals surface area (Å²) in [5, 5.41) is 4.67. The molecule has 1 aliphatic rings. The van der Waals surface area contributed by atoms with Crippen molar-refractivity contribution in [2.24, 2.45) is 0 Å². The molecule has 0 saturated carbocycles. The third-order valence-electron chi connectivity index (χ3n) is 4.67. The van der Waals surface area contributed by atoms with Crippen molar-refractivity contribution in [2.45, 2.75) is 6.92 Å². The first-order valence-electron chi connectivity index (χ1n) is 8.89. The number of anilines is 3. The predicted octanol–water partition coefficient (Wildman–Crippen LogP) is 4.13. The van der Waals surface area contributed by atoms with Gasteiger partial charge >= 0.3 is 0 Å². The summed E-state index contributed by atoms with van der Waals surface area (Å²) in [6.07, 6.45) is 0. The highest BCUT2D eigenvalue weighted by atomic mass is 16.5. The molecule has 1 aromatic heterocycles. The van der Waals surface area contributed by atoms with Crippen LogP contribution in [0.15, 0.2) is 48.5 Å². The maximum atomic E-state index is 5.49. The number of rotatable bonds is 4. The fourth-order valence-corrected chi connectivity index (χ4v) is 3.37. The number of benzene rings is 2. The SMILES string of the molecule is COc1ccc2nc(C)cc(Nc3ccccc3N3CCOCC3)c2c1. The van der Waals surface area contributed by atoms with Gasteiger partial charge in [0.1, 0.15) is 5.75 Å². The zero-order valence-corrected chi connectivity index (χ0v) is 15.2. The summed E-state index contributed by atoms with van der Waals surface area (Å²) in [6, 6.07) is 16.5. The molecule has 0 radical (unpaired) electrons. The van der Waals surface area contributed by atoms with Crippen LogP contribution >= 0.6 is 0 Å². The van der Waals surface area contributed by atoms with E-state index in [9.17, 15) is 0 Å². The standard InChI is InChI=1S/C21H23N3O2/c1-15-13-20(17-14-16(25-2)7-8-18(17)22-15)23-19-5-3-4-6-21(19)24-9-11-26-12-10-24/h3-8,13-14H,9-12H2,1-2H3,(H,22,23). The highest BCUT2D eigenvalue weighted by molar-refractivity contribution is 5.95. The maximum Gasteiger partial charge on any atom is 0.119 e. The molecule has 5 nitrogen and oxygen atoms in total. The van der Waals surface area contributed by atoms with Gasteiger partial charge in [0, 0.05) is 29.9 Å². The predicted molar refractivity (Wildman–Crippen MR) is 106 cm³/mol. The van der Waals surface area contributed by atoms with Gasteiger partial charge in [-0.15, -0.1) is 0 Å². The second-order valence-corrected chi connectivity index (χ2v) is 6.44. The molecule has 2 heterocycles. The van der Waals surface area contributed by atoms with Crippen molar-refractivity contribution in [1.82, 2.24) is 4.98 Å². The number of ether oxygens (including phenoxy) is 2. The van der Waals surface area contributed by atoms with Gasteiger partial charge in [-0.25, -0.2) is 0 Å². The summed E-state index contributed by atoms with van der Waals surface area (Å²) >= 11 is 0. The average molecular weight is 349 g/mol. The summed E-state index contributed by atoms with van der Waals surface area (Å²) in [6.45, 7) is 5.36. The number of morpholine rings is 1. The number of hydrogen-bond acceptors (Lipinski definition) is 5. The normalized spacial score (nSPS) is 14.5. The second kappa shape index (κ2) is 7.22. The number of nitrogens with one attached hydrogen (secondary N) is 1. The van der Waals surface area contributed by atoms with Crippen LogP contribution in [0.2, 0.25) is 0 Å². The van der Waals surface area contributed by atoms with Crippen molar-refractivity contribution in [2.75, 3.05) is 43.6 Å². The molecular weight excluding hydrogens is 326 g/mol. The van der Waals surface area contributed by atoms with Gasteiger partial charge in [0.15, 0.2) is 0 Å². The number of methoxy groups -OCH3 is 1. The number of para-hydroxylation sites is 2. The van der Waals surface area contributed by atoms with Gasteiger partial charge in [-0.05, 0) is 43.3 Å². The molecule has 0 unspecified atom stereocenters. The van der Waals surface area contributed by atoms with Crippen LogP contribution in [0.5, 0.6) is 5.75 Å². The van der Waals surface area contributed by atoms with E-state index in [0.29, 0.717) is 0 Å². The molecule has 1 N–H and O–H groups in total. The molecule has 2 aromatic carbocycles. The van der Waals surface area contributed by atoms with E-state index < -0.39 is 0 Å². The van der Waals surface area contributed by atoms with Crippen LogP contribution in [0.1, 0.15) is 5.69 Å². The van der Waals surface area contributed by atoms with E-state index in [-0.39, 0.29) is 0 Å². The number of hydrogen-bond donors (Lipinski definition) is 1. The van der Waals surface area contributed by atoms with Gasteiger partial charge in [0.2, 0.25) is 0 Å². The van der Waals surface area contributed by atoms with Crippen molar-refractivity contribution in [3.05, 3.63) is 54.2 Å². The van der Waals surface area contributed by atoms with Crippen molar-refractivity contribution < 1.29 is 9.47 Å². The van der Waals surface area contributed by atoms with E-state index in [1.54, 1.807) is 7.11 Å². The molecule has 0 atom stereocenters. The number of fused-ring (bicyclic) bond motifs is 1. The van der Waals surface area contributed by atoms with E-state index in [4.69, 9.17) is 9.47 Å². The highest BCUT2D eigenvalue weighted by Gasteiger charge is 2.15. The molecule has 1 saturated heterocycles. The number of pyridine rings is 1. The van der Waals surface area contributed by atoms with E-state index in [1.165, 1.54) is 5.69 Å². The molecule has 26 heavy (non-hydrogen) atoms. The lowest BCUT2D eigenvalue weighted by Gasteiger charge is -2.30. The summed E-state index contributed by atoms with van der Waals surface area (Å²) in [4.78, 5) is 7.01. The van der Waals surface area contributed by atoms with E-state index in [2.05, 4.69) is 45.5 Å². The van der Waals surface area contributed by atoms with Crippen molar-refractivity contribution in [1.29, 1.82) is 0 Å². The maximum absolute atomic E-state index is 5.49. The summed E-state index contributed by atoms with van der Waals surface area (Å²) in [7, 11) is 1.68. The van der Waals surface area contributed by atoms with Gasteiger partial charge in [0.05, 0.1) is 37.2 Å². The Labute approximate surface area is 153 Å². The average Bonchev–Trinajstić information content (AvgIpc) is 2.69. The van der Waals surface area contributed by atoms with Crippen molar-refractivity contribution in [3.8, 4) is 5.75 Å². The van der Waals surface area contributed by atoms with Crippen molar-refractivity contribution >= 4 is 28.0 Å². The minimum absolute atomic E-state index is 0.767. The minimum atomic E-state index is 0.767. The van der Waals surface area contributed by atoms with Gasteiger partial charge < -0.3 is 19.7 Å². The molecule has 0 bridgehead atoms. The molecule has 5 heteroatoms. The largest absolute Gasteiger partial charge is 0.497 e. The van der Waals surface area contributed by atoms with Crippen LogP contribution in [-0.4, -0.2) is 38.4 Å². The molecule has 0 spiro atoms. The number of aromatic nitrogens is 1. The van der Waals surface area contributed by atoms with E-state index in [1.807, 2.05) is 25.1 Å². The second-order valence-electron chi connectivity index (χ2n) is 6.44. The van der Waals surface area contributed by atoms with Crippen LogP contribution in [0.4, 0.5) is 17.1 Å². The molecule has 0 amide bonds. The third kappa shape index (κ3) is 3.30. The van der Waals surface area contributed by atoms with Crippen LogP contribution in [0, 0.1) is 6.92 Å². The Morgan fingerprint density at radius 2 is 1.85 bits per heavy atom. The highest BCUT2D eigenvalue weighted by Crippen LogP contribution is 2.33. The fourth-order valence-electron chi connectivity index (χ4n) is 3.37. The summed E-state index contributed by atoms with van der Waals surface area (Å²) < 4.78 is 10.9. The van der Waals surface area contributed by atoms with Gasteiger partial charge in [-0.1, -0.05) is 12.1 Å². The summed E-state index contributed by atoms with van der Waals surface area (Å²) in [5.41, 5.74) is 5.25. The Hall–Kier alpha value is -2.79. The van der Waals surface area contributed by atoms with Crippen LogP contribution in [0.25, 0.3) is 10.9 Å². The molecule has 1 fully saturated rings. The van der Waals surface area contributed by atoms with Crippen molar-refractivity contribution in [3.63, 3.8) is 0 Å². The van der Waals surface area contributed by atoms with Crippen LogP contribution in [0.3, 0.4) is 0 Å². The number of nitrogens with zero attached hydrogens (tertiary/aromatic N) is 2. The first-order chi connectivity index (χ1) is 12.7. The lowest BCUT2D eigenvalue weighted by Crippen LogP contribution is -2.36. The Balaban J connectivity index is 1.75. The van der Waals surface area contributed by atoms with Gasteiger partial charge in [-0.2, -0.15) is 0 Å². The van der Waals surface area contributed by atoms with E-state index >= 15 is 0 Å². The first kappa shape index (κ1) is 16.7. The molecule has 4 rings (SSSR count). The van der Waals surface area contributed by atoms with Gasteiger partial charge in [-0.3, -0.25) is 4.98 Å². The molecule has 134 valence electrons. The quantitative estimate of drug-likeness (QED) is 0.767. The first-order valence-corrected chi connectivity index (χ1v) is 8.89. The Morgan fingerprint density at radius 3 is 2.65 bits per heavy atom. The lowest BCUT2D eigenvalue weighted by molar-refractivity contribution is 0.123. The minimum Gasteiger partial charge on any atom is -0.497 e. The zero-order chi connectivity index (χ0) is 17.9. The van der Waals surface area contributed by atoms with Gasteiger partial charge in [0.25, 0.3) is 0 Å². The van der Waals surface area contributed by atoms with Crippen LogP contribution in [-0.2, 0) is 4.74 Å². The Morgan fingerprint density at radius 1 is 1.04 bits per heavy atom. The monoisotopic (exact) mass is 349 g/mol. The van der Waals surface area contributed by atoms with E-state index in [0.717, 1.165) is 60.0 Å². The Kier molecular flexibility index (Phi) is 4.63. The third-order valence-corrected chi connectivity index (χ3v) is 4.67. The summed E-state index contributed by atoms with van der Waals surface area (Å²) in [5.74, 6) is 0.827. The number of aryl methyl sites for hydroxylation is 1. The molecule has 1 aliphatic heterocycles. The van der Waals surface area contributed by atoms with Crippen LogP contribution < -0.4 is 15.0 Å². The zero-order valence-electron chi connectivity index (χ0n) is 15.2. The Bertz CT molecular complexity index is 920. The molecule has 0 aliphatic carbocycles. The fraction of sp³-hybridized carbons (Fsp3) is 0.286. The molecular formula is C21H23N3O2. The lowest BCUT2D eigenvalue weighted by atomic mass is 10.1.